The van der Waals surface area contributed by atoms with Crippen molar-refractivity contribution in [3.05, 3.63) is 42.5 Å². The lowest BCUT2D eigenvalue weighted by Crippen LogP contribution is -2.33. The minimum absolute atomic E-state index is 0.368. The molecule has 0 bridgehead atoms. The molecule has 0 saturated carbocycles. The molecule has 0 unspecified atom stereocenters. The molecule has 1 N–H and O–H groups in total. The van der Waals surface area contributed by atoms with E-state index in [4.69, 9.17) is 4.74 Å². The van der Waals surface area contributed by atoms with E-state index in [9.17, 15) is 9.18 Å². The largest absolute Gasteiger partial charge is 0.444 e. The van der Waals surface area contributed by atoms with Crippen molar-refractivity contribution in [1.29, 1.82) is 0 Å². The predicted molar refractivity (Wildman–Crippen MR) is 79.3 cm³/mol. The maximum absolute atomic E-state index is 13.8. The third-order valence-electron chi connectivity index (χ3n) is 2.78. The number of halogens is 1. The summed E-state index contributed by atoms with van der Waals surface area (Å²) in [6.07, 6.45) is 5.85. The molecule has 0 saturated heterocycles. The van der Waals surface area contributed by atoms with Crippen LogP contribution in [-0.4, -0.2) is 32.8 Å². The first-order chi connectivity index (χ1) is 10.4. The molecule has 2 aromatic rings. The summed E-state index contributed by atoms with van der Waals surface area (Å²) in [7, 11) is 0. The van der Waals surface area contributed by atoms with Crippen LogP contribution in [0.4, 0.5) is 9.18 Å². The molecule has 118 valence electrons. The van der Waals surface area contributed by atoms with E-state index in [0.29, 0.717) is 18.7 Å². The topological polar surface area (TPSA) is 69.0 Å². The molecule has 0 fully saturated rings. The number of hydrogen-bond acceptors (Lipinski definition) is 4. The molecule has 0 aliphatic heterocycles. The number of amides is 1. The monoisotopic (exact) mass is 306 g/mol. The third kappa shape index (κ3) is 4.28. The number of aromatic nitrogens is 3. The zero-order valence-corrected chi connectivity index (χ0v) is 12.8. The van der Waals surface area contributed by atoms with Gasteiger partial charge >= 0.3 is 6.09 Å². The summed E-state index contributed by atoms with van der Waals surface area (Å²) in [5.74, 6) is -0.429. The van der Waals surface area contributed by atoms with Crippen molar-refractivity contribution >= 4 is 6.09 Å². The summed E-state index contributed by atoms with van der Waals surface area (Å²) in [6.45, 7) is 5.77. The van der Waals surface area contributed by atoms with Gasteiger partial charge in [-0.3, -0.25) is 4.98 Å². The molecule has 2 aromatic heterocycles. The highest BCUT2D eigenvalue weighted by molar-refractivity contribution is 5.67. The first-order valence-corrected chi connectivity index (χ1v) is 6.95. The second-order valence-electron chi connectivity index (χ2n) is 5.76. The zero-order chi connectivity index (χ0) is 16.2. The summed E-state index contributed by atoms with van der Waals surface area (Å²) < 4.78 is 20.6. The minimum atomic E-state index is -0.536. The van der Waals surface area contributed by atoms with Crippen molar-refractivity contribution in [2.24, 2.45) is 0 Å². The Balaban J connectivity index is 1.97. The van der Waals surface area contributed by atoms with E-state index >= 15 is 0 Å². The Bertz CT molecular complexity index is 649. The van der Waals surface area contributed by atoms with Gasteiger partial charge in [0.25, 0.3) is 0 Å². The number of carbonyl (C=O) groups excluding carboxylic acids is 1. The number of alkyl carbamates (subject to hydrolysis) is 1. The van der Waals surface area contributed by atoms with Gasteiger partial charge < -0.3 is 14.6 Å². The minimum Gasteiger partial charge on any atom is -0.444 e. The van der Waals surface area contributed by atoms with Crippen LogP contribution in [0.5, 0.6) is 0 Å². The second-order valence-corrected chi connectivity index (χ2v) is 5.76. The Morgan fingerprint density at radius 3 is 2.82 bits per heavy atom. The van der Waals surface area contributed by atoms with Crippen LogP contribution in [0, 0.1) is 5.82 Å². The van der Waals surface area contributed by atoms with Gasteiger partial charge in [-0.1, -0.05) is 0 Å². The molecular formula is C15H19FN4O2. The van der Waals surface area contributed by atoms with E-state index in [-0.39, 0.29) is 0 Å². The molecule has 6 nitrogen and oxygen atoms in total. The lowest BCUT2D eigenvalue weighted by molar-refractivity contribution is 0.0528. The first kappa shape index (κ1) is 15.9. The Morgan fingerprint density at radius 2 is 2.14 bits per heavy atom. The van der Waals surface area contributed by atoms with Gasteiger partial charge in [-0.05, 0) is 26.8 Å². The third-order valence-corrected chi connectivity index (χ3v) is 2.78. The highest BCUT2D eigenvalue weighted by atomic mass is 19.1. The van der Waals surface area contributed by atoms with Crippen LogP contribution in [0.25, 0.3) is 5.69 Å². The van der Waals surface area contributed by atoms with Gasteiger partial charge in [0.05, 0.1) is 18.2 Å². The summed E-state index contributed by atoms with van der Waals surface area (Å²) in [6, 6.07) is 1.57. The second kappa shape index (κ2) is 6.55. The van der Waals surface area contributed by atoms with E-state index in [1.54, 1.807) is 37.6 Å². The van der Waals surface area contributed by atoms with E-state index in [1.165, 1.54) is 12.5 Å². The van der Waals surface area contributed by atoms with Gasteiger partial charge in [0.1, 0.15) is 5.60 Å². The van der Waals surface area contributed by atoms with E-state index in [0.717, 1.165) is 11.9 Å². The maximum atomic E-state index is 13.8. The lowest BCUT2D eigenvalue weighted by atomic mass is 10.2. The predicted octanol–water partition coefficient (Wildman–Crippen LogP) is 2.47. The van der Waals surface area contributed by atoms with Crippen LogP contribution >= 0.6 is 0 Å². The van der Waals surface area contributed by atoms with Crippen molar-refractivity contribution in [2.75, 3.05) is 6.54 Å². The molecule has 0 aliphatic carbocycles. The van der Waals surface area contributed by atoms with Gasteiger partial charge in [-0.25, -0.2) is 14.2 Å². The molecule has 1 amide bonds. The molecule has 0 spiro atoms. The quantitative estimate of drug-likeness (QED) is 0.942. The van der Waals surface area contributed by atoms with Gasteiger partial charge in [0.2, 0.25) is 0 Å². The number of nitrogens with zero attached hydrogens (tertiary/aromatic N) is 3. The molecule has 2 heterocycles. The summed E-state index contributed by atoms with van der Waals surface area (Å²) in [5.41, 5.74) is 0.618. The number of imidazole rings is 1. The fraction of sp³-hybridized carbons (Fsp3) is 0.400. The van der Waals surface area contributed by atoms with Gasteiger partial charge in [0.15, 0.2) is 5.82 Å². The number of hydrogen-bond donors (Lipinski definition) is 1. The summed E-state index contributed by atoms with van der Waals surface area (Å²) in [5, 5.41) is 2.66. The number of rotatable bonds is 4. The fourth-order valence-electron chi connectivity index (χ4n) is 1.89. The van der Waals surface area contributed by atoms with Gasteiger partial charge in [-0.2, -0.15) is 0 Å². The first-order valence-electron chi connectivity index (χ1n) is 6.95. The molecular weight excluding hydrogens is 287 g/mol. The van der Waals surface area contributed by atoms with Crippen molar-refractivity contribution < 1.29 is 13.9 Å². The summed E-state index contributed by atoms with van der Waals surface area (Å²) >= 11 is 0. The molecule has 7 heteroatoms. The Morgan fingerprint density at radius 1 is 1.36 bits per heavy atom. The number of carbonyl (C=O) groups is 1. The Labute approximate surface area is 128 Å². The Hall–Kier alpha value is -2.44. The van der Waals surface area contributed by atoms with Crippen molar-refractivity contribution in [1.82, 2.24) is 19.9 Å². The molecule has 0 radical (unpaired) electrons. The van der Waals surface area contributed by atoms with Crippen molar-refractivity contribution in [3.63, 3.8) is 0 Å². The maximum Gasteiger partial charge on any atom is 0.407 e. The Kier molecular flexibility index (Phi) is 4.75. The van der Waals surface area contributed by atoms with Gasteiger partial charge in [0, 0.05) is 31.1 Å². The normalized spacial score (nSPS) is 11.3. The van der Waals surface area contributed by atoms with Crippen molar-refractivity contribution in [3.8, 4) is 5.69 Å². The SMILES string of the molecule is CC(C)(C)OC(=O)NCCc1cncn1-c1ccncc1F. The molecule has 0 atom stereocenters. The molecule has 0 aliphatic rings. The summed E-state index contributed by atoms with van der Waals surface area (Å²) in [4.78, 5) is 19.3. The average molecular weight is 306 g/mol. The van der Waals surface area contributed by atoms with E-state index in [1.807, 2.05) is 0 Å². The lowest BCUT2D eigenvalue weighted by Gasteiger charge is -2.19. The molecule has 2 rings (SSSR count). The van der Waals surface area contributed by atoms with Crippen LogP contribution in [0.1, 0.15) is 26.5 Å². The van der Waals surface area contributed by atoms with Crippen LogP contribution in [0.15, 0.2) is 31.0 Å². The van der Waals surface area contributed by atoms with E-state index < -0.39 is 17.5 Å². The standard InChI is InChI=1S/C15H19FN4O2/c1-15(2,3)22-14(21)19-7-4-11-8-18-10-20(11)13-5-6-17-9-12(13)16/h5-6,8-10H,4,7H2,1-3H3,(H,19,21). The van der Waals surface area contributed by atoms with Crippen molar-refractivity contribution in [2.45, 2.75) is 32.8 Å². The number of ether oxygens (including phenoxy) is 1. The van der Waals surface area contributed by atoms with Crippen LogP contribution in [0.3, 0.4) is 0 Å². The highest BCUT2D eigenvalue weighted by Crippen LogP contribution is 2.14. The van der Waals surface area contributed by atoms with Crippen LogP contribution < -0.4 is 5.32 Å². The fourth-order valence-corrected chi connectivity index (χ4v) is 1.89. The van der Waals surface area contributed by atoms with E-state index in [2.05, 4.69) is 15.3 Å². The zero-order valence-electron chi connectivity index (χ0n) is 12.8. The average Bonchev–Trinajstić information content (AvgIpc) is 2.85. The van der Waals surface area contributed by atoms with Crippen LogP contribution in [0.2, 0.25) is 0 Å². The highest BCUT2D eigenvalue weighted by Gasteiger charge is 2.16. The van der Waals surface area contributed by atoms with Gasteiger partial charge in [-0.15, -0.1) is 0 Å². The molecule has 0 aromatic carbocycles. The molecule has 22 heavy (non-hydrogen) atoms. The smallest absolute Gasteiger partial charge is 0.407 e. The number of pyridine rings is 1. The number of nitrogens with one attached hydrogen (secondary N) is 1. The van der Waals surface area contributed by atoms with Crippen LogP contribution in [-0.2, 0) is 11.2 Å².